The second-order valence-electron chi connectivity index (χ2n) is 4.37. The third-order valence-corrected chi connectivity index (χ3v) is 2.86. The van der Waals surface area contributed by atoms with E-state index in [1.54, 1.807) is 0 Å². The normalized spacial score (nSPS) is 10.9. The largest absolute Gasteiger partial charge is 0.384 e. The SMILES string of the molecule is CCCCn1c(CCC)nc(CCC)c1N. The summed E-state index contributed by atoms with van der Waals surface area (Å²) < 4.78 is 2.22. The zero-order chi connectivity index (χ0) is 12.0. The van der Waals surface area contributed by atoms with Gasteiger partial charge in [0, 0.05) is 13.0 Å². The van der Waals surface area contributed by atoms with Crippen LogP contribution in [0.5, 0.6) is 0 Å². The molecule has 92 valence electrons. The molecule has 0 atom stereocenters. The van der Waals surface area contributed by atoms with Crippen LogP contribution in [0, 0.1) is 0 Å². The van der Waals surface area contributed by atoms with Gasteiger partial charge in [-0.3, -0.25) is 0 Å². The first-order valence-electron chi connectivity index (χ1n) is 6.58. The first-order valence-corrected chi connectivity index (χ1v) is 6.58. The molecule has 0 aliphatic carbocycles. The Kier molecular flexibility index (Phi) is 5.36. The van der Waals surface area contributed by atoms with Crippen LogP contribution >= 0.6 is 0 Å². The highest BCUT2D eigenvalue weighted by atomic mass is 15.1. The molecule has 0 saturated heterocycles. The van der Waals surface area contributed by atoms with Crippen LogP contribution in [0.4, 0.5) is 5.82 Å². The number of nitrogens with two attached hydrogens (primary N) is 1. The summed E-state index contributed by atoms with van der Waals surface area (Å²) in [6.07, 6.45) is 6.67. The lowest BCUT2D eigenvalue weighted by molar-refractivity contribution is 0.604. The van der Waals surface area contributed by atoms with Crippen LogP contribution < -0.4 is 5.73 Å². The van der Waals surface area contributed by atoms with E-state index in [9.17, 15) is 0 Å². The highest BCUT2D eigenvalue weighted by Gasteiger charge is 2.12. The van der Waals surface area contributed by atoms with E-state index in [-0.39, 0.29) is 0 Å². The Labute approximate surface area is 99.1 Å². The van der Waals surface area contributed by atoms with E-state index in [0.29, 0.717) is 0 Å². The highest BCUT2D eigenvalue weighted by molar-refractivity contribution is 5.38. The van der Waals surface area contributed by atoms with Gasteiger partial charge in [-0.1, -0.05) is 33.6 Å². The van der Waals surface area contributed by atoms with Crippen molar-refractivity contribution >= 4 is 5.82 Å². The number of nitrogens with zero attached hydrogens (tertiary/aromatic N) is 2. The average molecular weight is 223 g/mol. The molecule has 1 rings (SSSR count). The van der Waals surface area contributed by atoms with E-state index < -0.39 is 0 Å². The topological polar surface area (TPSA) is 43.8 Å². The number of aromatic nitrogens is 2. The maximum absolute atomic E-state index is 6.16. The first kappa shape index (κ1) is 13.1. The Bertz CT molecular complexity index is 315. The molecule has 2 N–H and O–H groups in total. The Morgan fingerprint density at radius 3 is 2.31 bits per heavy atom. The lowest BCUT2D eigenvalue weighted by atomic mass is 10.2. The molecule has 0 fully saturated rings. The van der Waals surface area contributed by atoms with Crippen molar-refractivity contribution in [2.24, 2.45) is 0 Å². The van der Waals surface area contributed by atoms with Gasteiger partial charge in [-0.15, -0.1) is 0 Å². The molecule has 0 bridgehead atoms. The minimum atomic E-state index is 0.902. The Balaban J connectivity index is 2.90. The van der Waals surface area contributed by atoms with E-state index in [2.05, 4.69) is 30.3 Å². The van der Waals surface area contributed by atoms with Gasteiger partial charge in [0.05, 0.1) is 5.69 Å². The zero-order valence-electron chi connectivity index (χ0n) is 10.9. The number of aryl methyl sites for hydroxylation is 2. The predicted octanol–water partition coefficient (Wildman–Crippen LogP) is 3.17. The first-order chi connectivity index (χ1) is 7.74. The summed E-state index contributed by atoms with van der Waals surface area (Å²) in [7, 11) is 0. The smallest absolute Gasteiger partial charge is 0.126 e. The monoisotopic (exact) mass is 223 g/mol. The lowest BCUT2D eigenvalue weighted by Gasteiger charge is -2.08. The van der Waals surface area contributed by atoms with E-state index in [4.69, 9.17) is 5.73 Å². The van der Waals surface area contributed by atoms with Crippen LogP contribution in [0.25, 0.3) is 0 Å². The molecule has 0 spiro atoms. The summed E-state index contributed by atoms with van der Waals surface area (Å²) in [5, 5.41) is 0. The zero-order valence-corrected chi connectivity index (χ0v) is 10.9. The molecule has 0 aromatic carbocycles. The van der Waals surface area contributed by atoms with E-state index in [0.717, 1.165) is 43.7 Å². The number of anilines is 1. The van der Waals surface area contributed by atoms with E-state index in [1.807, 2.05) is 0 Å². The number of nitrogen functional groups attached to an aromatic ring is 1. The van der Waals surface area contributed by atoms with Crippen molar-refractivity contribution in [2.75, 3.05) is 5.73 Å². The molecular weight excluding hydrogens is 198 g/mol. The number of rotatable bonds is 7. The van der Waals surface area contributed by atoms with Crippen LogP contribution in [0.15, 0.2) is 0 Å². The molecule has 1 heterocycles. The number of unbranched alkanes of at least 4 members (excludes halogenated alkanes) is 1. The fourth-order valence-electron chi connectivity index (χ4n) is 1.97. The summed E-state index contributed by atoms with van der Waals surface area (Å²) >= 11 is 0. The molecule has 3 nitrogen and oxygen atoms in total. The Morgan fingerprint density at radius 2 is 1.75 bits per heavy atom. The molecule has 3 heteroatoms. The fourth-order valence-corrected chi connectivity index (χ4v) is 1.97. The molecule has 0 saturated carbocycles. The number of imidazole rings is 1. The van der Waals surface area contributed by atoms with Crippen LogP contribution in [0.1, 0.15) is 58.0 Å². The van der Waals surface area contributed by atoms with Crippen molar-refractivity contribution in [3.63, 3.8) is 0 Å². The third-order valence-electron chi connectivity index (χ3n) is 2.86. The highest BCUT2D eigenvalue weighted by Crippen LogP contribution is 2.18. The van der Waals surface area contributed by atoms with Crippen molar-refractivity contribution in [1.82, 2.24) is 9.55 Å². The van der Waals surface area contributed by atoms with Gasteiger partial charge in [-0.2, -0.15) is 0 Å². The van der Waals surface area contributed by atoms with Crippen LogP contribution in [0.3, 0.4) is 0 Å². The van der Waals surface area contributed by atoms with Crippen molar-refractivity contribution in [2.45, 2.75) is 65.8 Å². The molecule has 1 aromatic rings. The fraction of sp³-hybridized carbons (Fsp3) is 0.769. The van der Waals surface area contributed by atoms with Gasteiger partial charge >= 0.3 is 0 Å². The van der Waals surface area contributed by atoms with Crippen LogP contribution in [-0.4, -0.2) is 9.55 Å². The molecule has 16 heavy (non-hydrogen) atoms. The number of hydrogen-bond donors (Lipinski definition) is 1. The van der Waals surface area contributed by atoms with Crippen LogP contribution in [0.2, 0.25) is 0 Å². The quantitative estimate of drug-likeness (QED) is 0.771. The molecule has 0 aliphatic heterocycles. The van der Waals surface area contributed by atoms with Gasteiger partial charge in [0.25, 0.3) is 0 Å². The summed E-state index contributed by atoms with van der Waals surface area (Å²) in [5.41, 5.74) is 7.26. The van der Waals surface area contributed by atoms with Gasteiger partial charge in [0.1, 0.15) is 11.6 Å². The van der Waals surface area contributed by atoms with E-state index in [1.165, 1.54) is 18.7 Å². The van der Waals surface area contributed by atoms with Crippen LogP contribution in [-0.2, 0) is 19.4 Å². The molecular formula is C13H25N3. The molecule has 0 unspecified atom stereocenters. The summed E-state index contributed by atoms with van der Waals surface area (Å²) in [6, 6.07) is 0. The molecule has 0 amide bonds. The lowest BCUT2D eigenvalue weighted by Crippen LogP contribution is -2.07. The summed E-state index contributed by atoms with van der Waals surface area (Å²) in [5.74, 6) is 2.08. The minimum Gasteiger partial charge on any atom is -0.384 e. The van der Waals surface area contributed by atoms with Gasteiger partial charge in [0.15, 0.2) is 0 Å². The maximum Gasteiger partial charge on any atom is 0.126 e. The second kappa shape index (κ2) is 6.56. The minimum absolute atomic E-state index is 0.902. The van der Waals surface area contributed by atoms with Gasteiger partial charge in [0.2, 0.25) is 0 Å². The molecule has 0 aliphatic rings. The average Bonchev–Trinajstić information content (AvgIpc) is 2.55. The van der Waals surface area contributed by atoms with Gasteiger partial charge in [-0.05, 0) is 19.3 Å². The molecule has 0 radical (unpaired) electrons. The summed E-state index contributed by atoms with van der Waals surface area (Å²) in [6.45, 7) is 7.59. The standard InChI is InChI=1S/C13H25N3/c1-4-7-10-16-12(9-6-3)15-11(8-5-2)13(16)14/h4-10,14H2,1-3H3. The number of hydrogen-bond acceptors (Lipinski definition) is 2. The molecule has 1 aromatic heterocycles. The van der Waals surface area contributed by atoms with Crippen molar-refractivity contribution in [3.8, 4) is 0 Å². The second-order valence-corrected chi connectivity index (χ2v) is 4.37. The predicted molar refractivity (Wildman–Crippen MR) is 69.5 cm³/mol. The van der Waals surface area contributed by atoms with Crippen molar-refractivity contribution in [1.29, 1.82) is 0 Å². The summed E-state index contributed by atoms with van der Waals surface area (Å²) in [4.78, 5) is 4.68. The Morgan fingerprint density at radius 1 is 1.06 bits per heavy atom. The van der Waals surface area contributed by atoms with Crippen molar-refractivity contribution in [3.05, 3.63) is 11.5 Å². The third kappa shape index (κ3) is 3.00. The maximum atomic E-state index is 6.16. The van der Waals surface area contributed by atoms with Gasteiger partial charge in [-0.25, -0.2) is 4.98 Å². The van der Waals surface area contributed by atoms with Gasteiger partial charge < -0.3 is 10.3 Å². The van der Waals surface area contributed by atoms with Crippen molar-refractivity contribution < 1.29 is 0 Å². The Hall–Kier alpha value is -0.990. The van der Waals surface area contributed by atoms with E-state index >= 15 is 0 Å².